The van der Waals surface area contributed by atoms with Gasteiger partial charge in [0, 0.05) is 13.1 Å². The molecule has 0 N–H and O–H groups in total. The minimum absolute atomic E-state index is 0.0794. The summed E-state index contributed by atoms with van der Waals surface area (Å²) in [6.07, 6.45) is 6.10. The first kappa shape index (κ1) is 20.8. The summed E-state index contributed by atoms with van der Waals surface area (Å²) in [5, 5.41) is 7.52. The minimum Gasteiger partial charge on any atom is -0.466 e. The Bertz CT molecular complexity index is 862. The fourth-order valence-electron chi connectivity index (χ4n) is 3.70. The van der Waals surface area contributed by atoms with E-state index in [-0.39, 0.29) is 18.3 Å². The number of likely N-dealkylation sites (tertiary alicyclic amines) is 1. The van der Waals surface area contributed by atoms with Crippen LogP contribution in [-0.4, -0.2) is 46.8 Å². The number of esters is 1. The maximum Gasteiger partial charge on any atom is 0.314 e. The molecule has 1 unspecified atom stereocenters. The number of piperidine rings is 1. The Morgan fingerprint density at radius 2 is 2.07 bits per heavy atom. The quantitative estimate of drug-likeness (QED) is 0.667. The number of allylic oxidation sites excluding steroid dienone is 1. The molecule has 2 heterocycles. The first-order chi connectivity index (χ1) is 14.0. The van der Waals surface area contributed by atoms with Crippen LogP contribution in [0.2, 0.25) is 0 Å². The Balaban J connectivity index is 1.74. The van der Waals surface area contributed by atoms with Gasteiger partial charge in [-0.15, -0.1) is 0 Å². The smallest absolute Gasteiger partial charge is 0.314 e. The number of benzene rings is 1. The Labute approximate surface area is 170 Å². The Morgan fingerprint density at radius 3 is 2.76 bits per heavy atom. The molecule has 2 aromatic rings. The molecule has 7 heteroatoms. The SMILES string of the molecule is CCOC(=O)C1(CC=Cc2ccccc2)CCCN(C(=O)Cc2nonc2C)C1. The number of aryl methyl sites for hydroxylation is 1. The van der Waals surface area contributed by atoms with E-state index in [9.17, 15) is 9.59 Å². The van der Waals surface area contributed by atoms with Gasteiger partial charge in [0.1, 0.15) is 11.4 Å². The zero-order valence-corrected chi connectivity index (χ0v) is 17.0. The third-order valence-electron chi connectivity index (χ3n) is 5.32. The second-order valence-corrected chi connectivity index (χ2v) is 7.41. The average molecular weight is 397 g/mol. The third kappa shape index (κ3) is 5.10. The highest BCUT2D eigenvalue weighted by molar-refractivity contribution is 5.82. The number of carbonyl (C=O) groups excluding carboxylic acids is 2. The van der Waals surface area contributed by atoms with Gasteiger partial charge in [0.25, 0.3) is 0 Å². The van der Waals surface area contributed by atoms with E-state index < -0.39 is 5.41 Å². The van der Waals surface area contributed by atoms with Crippen molar-refractivity contribution in [1.82, 2.24) is 15.2 Å². The molecule has 0 bridgehead atoms. The Morgan fingerprint density at radius 1 is 1.28 bits per heavy atom. The van der Waals surface area contributed by atoms with Gasteiger partial charge in [0.05, 0.1) is 18.4 Å². The molecule has 1 atom stereocenters. The van der Waals surface area contributed by atoms with Gasteiger partial charge < -0.3 is 9.64 Å². The van der Waals surface area contributed by atoms with Gasteiger partial charge in [0.2, 0.25) is 5.91 Å². The molecule has 1 amide bonds. The first-order valence-corrected chi connectivity index (χ1v) is 9.99. The van der Waals surface area contributed by atoms with Gasteiger partial charge in [0.15, 0.2) is 0 Å². The number of aromatic nitrogens is 2. The number of amides is 1. The lowest BCUT2D eigenvalue weighted by molar-refractivity contribution is -0.160. The lowest BCUT2D eigenvalue weighted by atomic mass is 9.76. The van der Waals surface area contributed by atoms with Crippen LogP contribution in [0.25, 0.3) is 6.08 Å². The zero-order valence-electron chi connectivity index (χ0n) is 17.0. The van der Waals surface area contributed by atoms with E-state index in [2.05, 4.69) is 14.9 Å². The summed E-state index contributed by atoms with van der Waals surface area (Å²) in [6.45, 7) is 4.84. The van der Waals surface area contributed by atoms with Gasteiger partial charge in [-0.2, -0.15) is 0 Å². The molecule has 0 aliphatic carbocycles. The standard InChI is InChI=1S/C22H27N3O4/c1-3-28-21(27)22(12-7-11-18-9-5-4-6-10-18)13-8-14-25(16-22)20(26)15-19-17(2)23-29-24-19/h4-7,9-11H,3,8,12-16H2,1-2H3. The minimum atomic E-state index is -0.730. The fourth-order valence-corrected chi connectivity index (χ4v) is 3.70. The maximum absolute atomic E-state index is 12.9. The summed E-state index contributed by atoms with van der Waals surface area (Å²) in [5.41, 5.74) is 1.49. The van der Waals surface area contributed by atoms with Crippen LogP contribution in [0.3, 0.4) is 0 Å². The van der Waals surface area contributed by atoms with Crippen molar-refractivity contribution in [3.05, 3.63) is 53.4 Å². The van der Waals surface area contributed by atoms with E-state index >= 15 is 0 Å². The number of hydrogen-bond acceptors (Lipinski definition) is 6. The first-order valence-electron chi connectivity index (χ1n) is 9.99. The molecule has 0 spiro atoms. The summed E-state index contributed by atoms with van der Waals surface area (Å²) in [4.78, 5) is 27.4. The molecule has 3 rings (SSSR count). The molecule has 0 radical (unpaired) electrons. The van der Waals surface area contributed by atoms with Crippen molar-refractivity contribution in [1.29, 1.82) is 0 Å². The van der Waals surface area contributed by atoms with Gasteiger partial charge in [-0.05, 0) is 38.7 Å². The summed E-state index contributed by atoms with van der Waals surface area (Å²) < 4.78 is 10.1. The van der Waals surface area contributed by atoms with Gasteiger partial charge in [-0.1, -0.05) is 52.8 Å². The molecule has 1 aromatic carbocycles. The molecule has 1 aromatic heterocycles. The normalized spacial score (nSPS) is 19.4. The molecular weight excluding hydrogens is 370 g/mol. The van der Waals surface area contributed by atoms with E-state index in [1.807, 2.05) is 42.5 Å². The Hall–Kier alpha value is -2.96. The Kier molecular flexibility index (Phi) is 6.80. The maximum atomic E-state index is 12.9. The molecule has 29 heavy (non-hydrogen) atoms. The monoisotopic (exact) mass is 397 g/mol. The molecule has 0 saturated carbocycles. The summed E-state index contributed by atoms with van der Waals surface area (Å²) in [5.74, 6) is -0.321. The van der Waals surface area contributed by atoms with E-state index in [0.717, 1.165) is 12.0 Å². The zero-order chi connectivity index (χ0) is 20.7. The average Bonchev–Trinajstić information content (AvgIpc) is 3.13. The van der Waals surface area contributed by atoms with Crippen LogP contribution >= 0.6 is 0 Å². The number of carbonyl (C=O) groups is 2. The van der Waals surface area contributed by atoms with E-state index in [1.165, 1.54) is 0 Å². The lowest BCUT2D eigenvalue weighted by Crippen LogP contribution is -2.50. The van der Waals surface area contributed by atoms with Crippen molar-refractivity contribution in [3.63, 3.8) is 0 Å². The molecular formula is C22H27N3O4. The highest BCUT2D eigenvalue weighted by atomic mass is 16.6. The van der Waals surface area contributed by atoms with Gasteiger partial charge in [-0.25, -0.2) is 4.63 Å². The van der Waals surface area contributed by atoms with E-state index in [1.54, 1.807) is 18.7 Å². The lowest BCUT2D eigenvalue weighted by Gasteiger charge is -2.40. The van der Waals surface area contributed by atoms with Crippen molar-refractivity contribution in [3.8, 4) is 0 Å². The summed E-state index contributed by atoms with van der Waals surface area (Å²) >= 11 is 0. The molecule has 1 saturated heterocycles. The summed E-state index contributed by atoms with van der Waals surface area (Å²) in [7, 11) is 0. The van der Waals surface area contributed by atoms with Crippen molar-refractivity contribution in [2.45, 2.75) is 39.5 Å². The molecule has 1 fully saturated rings. The highest BCUT2D eigenvalue weighted by Crippen LogP contribution is 2.36. The van der Waals surface area contributed by atoms with Crippen molar-refractivity contribution < 1.29 is 19.0 Å². The number of rotatable bonds is 7. The topological polar surface area (TPSA) is 85.5 Å². The van der Waals surface area contributed by atoms with Crippen LogP contribution in [0.1, 0.15) is 43.1 Å². The van der Waals surface area contributed by atoms with E-state index in [0.29, 0.717) is 43.9 Å². The predicted molar refractivity (Wildman–Crippen MR) is 108 cm³/mol. The van der Waals surface area contributed by atoms with Gasteiger partial charge >= 0.3 is 5.97 Å². The van der Waals surface area contributed by atoms with Crippen LogP contribution in [-0.2, 0) is 20.7 Å². The molecule has 1 aliphatic heterocycles. The number of ether oxygens (including phenoxy) is 1. The van der Waals surface area contributed by atoms with Crippen LogP contribution in [0, 0.1) is 12.3 Å². The third-order valence-corrected chi connectivity index (χ3v) is 5.32. The fraction of sp³-hybridized carbons (Fsp3) is 0.455. The second kappa shape index (κ2) is 9.49. The van der Waals surface area contributed by atoms with Crippen LogP contribution in [0.4, 0.5) is 0 Å². The van der Waals surface area contributed by atoms with Crippen molar-refractivity contribution >= 4 is 18.0 Å². The van der Waals surface area contributed by atoms with E-state index in [4.69, 9.17) is 4.74 Å². The van der Waals surface area contributed by atoms with Gasteiger partial charge in [-0.3, -0.25) is 9.59 Å². The van der Waals surface area contributed by atoms with Crippen molar-refractivity contribution in [2.75, 3.05) is 19.7 Å². The van der Waals surface area contributed by atoms with Crippen LogP contribution < -0.4 is 0 Å². The van der Waals surface area contributed by atoms with Crippen LogP contribution in [0.15, 0.2) is 41.0 Å². The summed E-state index contributed by atoms with van der Waals surface area (Å²) in [6, 6.07) is 9.94. The molecule has 1 aliphatic rings. The highest BCUT2D eigenvalue weighted by Gasteiger charge is 2.43. The predicted octanol–water partition coefficient (Wildman–Crippen LogP) is 3.20. The van der Waals surface area contributed by atoms with Crippen LogP contribution in [0.5, 0.6) is 0 Å². The van der Waals surface area contributed by atoms with Crippen molar-refractivity contribution in [2.24, 2.45) is 5.41 Å². The molecule has 7 nitrogen and oxygen atoms in total. The largest absolute Gasteiger partial charge is 0.466 e. The number of nitrogens with zero attached hydrogens (tertiary/aromatic N) is 3. The second-order valence-electron chi connectivity index (χ2n) is 7.41. The number of hydrogen-bond donors (Lipinski definition) is 0. The molecule has 154 valence electrons.